The molecule has 4 nitrogen and oxygen atoms in total. The van der Waals surface area contributed by atoms with Gasteiger partial charge in [0.1, 0.15) is 5.65 Å². The van der Waals surface area contributed by atoms with Crippen LogP contribution in [-0.4, -0.2) is 33.9 Å². The van der Waals surface area contributed by atoms with Crippen molar-refractivity contribution in [2.45, 2.75) is 32.6 Å². The topological polar surface area (TPSA) is 49.0 Å². The molecule has 0 aromatic carbocycles. The smallest absolute Gasteiger partial charge is 0.255 e. The molecule has 1 N–H and O–H groups in total. The van der Waals surface area contributed by atoms with Gasteiger partial charge in [0.2, 0.25) is 0 Å². The molecule has 0 fully saturated rings. The van der Waals surface area contributed by atoms with Gasteiger partial charge < -0.3 is 9.88 Å². The molecule has 0 saturated heterocycles. The van der Waals surface area contributed by atoms with Crippen molar-refractivity contribution < 1.29 is 4.79 Å². The number of H-pyrrole nitrogens is 1. The molecule has 4 heterocycles. The van der Waals surface area contributed by atoms with Crippen LogP contribution < -0.4 is 0 Å². The zero-order valence-electron chi connectivity index (χ0n) is 15.5. The van der Waals surface area contributed by atoms with Gasteiger partial charge in [0.15, 0.2) is 0 Å². The van der Waals surface area contributed by atoms with Crippen molar-refractivity contribution in [3.05, 3.63) is 57.6 Å². The molecule has 0 spiro atoms. The lowest BCUT2D eigenvalue weighted by Crippen LogP contribution is -2.35. The molecule has 5 rings (SSSR count). The molecule has 1 atom stereocenters. The Kier molecular flexibility index (Phi) is 4.12. The van der Waals surface area contributed by atoms with E-state index in [1.54, 1.807) is 17.5 Å². The monoisotopic (exact) mass is 377 g/mol. The number of amides is 1. The fourth-order valence-electron chi connectivity index (χ4n) is 4.35. The molecule has 3 aromatic heterocycles. The first-order valence-corrected chi connectivity index (χ1v) is 10.6. The summed E-state index contributed by atoms with van der Waals surface area (Å²) in [6.45, 7) is 3.77. The summed E-state index contributed by atoms with van der Waals surface area (Å²) in [4.78, 5) is 24.2. The van der Waals surface area contributed by atoms with Crippen molar-refractivity contribution in [2.75, 3.05) is 13.1 Å². The number of aromatic amines is 1. The number of hydrogen-bond donors (Lipinski definition) is 1. The number of carbonyl (C=O) groups excluding carboxylic acids is 1. The summed E-state index contributed by atoms with van der Waals surface area (Å²) in [5.74, 6) is 0.947. The Bertz CT molecular complexity index is 1040. The third-order valence-electron chi connectivity index (χ3n) is 5.93. The maximum atomic E-state index is 13.1. The zero-order chi connectivity index (χ0) is 18.4. The highest BCUT2D eigenvalue weighted by atomic mass is 32.1. The number of carbonyl (C=O) groups is 1. The van der Waals surface area contributed by atoms with Gasteiger partial charge >= 0.3 is 0 Å². The van der Waals surface area contributed by atoms with Gasteiger partial charge in [0, 0.05) is 46.7 Å². The molecule has 138 valence electrons. The number of nitrogens with zero attached hydrogens (tertiary/aromatic N) is 2. The average Bonchev–Trinajstić information content (AvgIpc) is 3.31. The predicted molar refractivity (Wildman–Crippen MR) is 110 cm³/mol. The van der Waals surface area contributed by atoms with Gasteiger partial charge in [0.25, 0.3) is 5.91 Å². The van der Waals surface area contributed by atoms with E-state index >= 15 is 0 Å². The van der Waals surface area contributed by atoms with E-state index in [4.69, 9.17) is 0 Å². The van der Waals surface area contributed by atoms with Crippen LogP contribution in [0.3, 0.4) is 0 Å². The van der Waals surface area contributed by atoms with Crippen LogP contribution in [0, 0.1) is 5.92 Å². The number of hydrogen-bond acceptors (Lipinski definition) is 3. The summed E-state index contributed by atoms with van der Waals surface area (Å²) < 4.78 is 0. The minimum absolute atomic E-state index is 0.206. The number of thiophene rings is 1. The summed E-state index contributed by atoms with van der Waals surface area (Å²) in [5.41, 5.74) is 5.72. The standard InChI is InChI=1S/C22H23N3OS/c1-14-4-5-16-19(13-27-20(16)11-14)22(26)25-9-6-15(7-10-25)18-12-24-21-17(18)3-2-8-23-21/h2-3,6,8,12-14H,4-5,7,9-11H2,1H3,(H,23,24). The van der Waals surface area contributed by atoms with Crippen LogP contribution >= 0.6 is 11.3 Å². The Labute approximate surface area is 162 Å². The third-order valence-corrected chi connectivity index (χ3v) is 6.98. The highest BCUT2D eigenvalue weighted by Gasteiger charge is 2.27. The molecule has 3 aromatic rings. The Hall–Kier alpha value is -2.40. The number of nitrogens with one attached hydrogen (secondary N) is 1. The number of fused-ring (bicyclic) bond motifs is 2. The van der Waals surface area contributed by atoms with E-state index < -0.39 is 0 Å². The zero-order valence-corrected chi connectivity index (χ0v) is 16.3. The number of pyridine rings is 1. The van der Waals surface area contributed by atoms with Gasteiger partial charge in [-0.05, 0) is 54.9 Å². The molecule has 27 heavy (non-hydrogen) atoms. The molecule has 1 aliphatic heterocycles. The number of aromatic nitrogens is 2. The molecule has 1 aliphatic carbocycles. The fourth-order valence-corrected chi connectivity index (χ4v) is 5.59. The fraction of sp³-hybridized carbons (Fsp3) is 0.364. The highest BCUT2D eigenvalue weighted by Crippen LogP contribution is 2.34. The minimum Gasteiger partial charge on any atom is -0.346 e. The van der Waals surface area contributed by atoms with E-state index in [-0.39, 0.29) is 5.91 Å². The quantitative estimate of drug-likeness (QED) is 0.705. The third kappa shape index (κ3) is 2.90. The summed E-state index contributed by atoms with van der Waals surface area (Å²) >= 11 is 1.77. The lowest BCUT2D eigenvalue weighted by Gasteiger charge is -2.27. The second kappa shape index (κ2) is 6.64. The summed E-state index contributed by atoms with van der Waals surface area (Å²) in [7, 11) is 0. The van der Waals surface area contributed by atoms with Gasteiger partial charge in [-0.3, -0.25) is 4.79 Å². The average molecular weight is 378 g/mol. The van der Waals surface area contributed by atoms with Crippen molar-refractivity contribution in [3.63, 3.8) is 0 Å². The molecule has 0 bridgehead atoms. The second-order valence-corrected chi connectivity index (χ2v) is 8.70. The largest absolute Gasteiger partial charge is 0.346 e. The van der Waals surface area contributed by atoms with Crippen LogP contribution in [0.25, 0.3) is 16.6 Å². The molecule has 0 saturated carbocycles. The molecule has 5 heteroatoms. The Balaban J connectivity index is 1.36. The lowest BCUT2D eigenvalue weighted by atomic mass is 9.88. The van der Waals surface area contributed by atoms with Crippen LogP contribution in [0.2, 0.25) is 0 Å². The van der Waals surface area contributed by atoms with E-state index in [9.17, 15) is 4.79 Å². The van der Waals surface area contributed by atoms with E-state index in [2.05, 4.69) is 34.4 Å². The lowest BCUT2D eigenvalue weighted by molar-refractivity contribution is 0.0772. The van der Waals surface area contributed by atoms with E-state index in [0.717, 1.165) is 48.3 Å². The second-order valence-electron chi connectivity index (χ2n) is 7.73. The van der Waals surface area contributed by atoms with Crippen LogP contribution in [-0.2, 0) is 12.8 Å². The molecule has 1 unspecified atom stereocenters. The first-order valence-electron chi connectivity index (χ1n) is 9.70. The van der Waals surface area contributed by atoms with Crippen molar-refractivity contribution in [1.29, 1.82) is 0 Å². The molecular weight excluding hydrogens is 354 g/mol. The Morgan fingerprint density at radius 1 is 1.37 bits per heavy atom. The number of rotatable bonds is 2. The predicted octanol–water partition coefficient (Wildman–Crippen LogP) is 4.68. The summed E-state index contributed by atoms with van der Waals surface area (Å²) in [5, 5.41) is 3.25. The van der Waals surface area contributed by atoms with Gasteiger partial charge in [-0.2, -0.15) is 0 Å². The summed E-state index contributed by atoms with van der Waals surface area (Å²) in [6.07, 6.45) is 10.3. The molecular formula is C22H23N3OS. The van der Waals surface area contributed by atoms with Crippen LogP contribution in [0.1, 0.15) is 46.1 Å². The van der Waals surface area contributed by atoms with Gasteiger partial charge in [-0.15, -0.1) is 11.3 Å². The molecule has 2 aliphatic rings. The minimum atomic E-state index is 0.206. The van der Waals surface area contributed by atoms with E-state index in [0.29, 0.717) is 6.54 Å². The highest BCUT2D eigenvalue weighted by molar-refractivity contribution is 7.10. The normalized spacial score (nSPS) is 19.8. The van der Waals surface area contributed by atoms with Crippen LogP contribution in [0.4, 0.5) is 0 Å². The van der Waals surface area contributed by atoms with Gasteiger partial charge in [0.05, 0.1) is 5.56 Å². The Morgan fingerprint density at radius 2 is 2.30 bits per heavy atom. The maximum absolute atomic E-state index is 13.1. The molecule has 0 radical (unpaired) electrons. The molecule has 1 amide bonds. The van der Waals surface area contributed by atoms with E-state index in [1.807, 2.05) is 17.2 Å². The first-order chi connectivity index (χ1) is 13.2. The SMILES string of the molecule is CC1CCc2c(C(=O)N3CC=C(c4c[nH]c5ncccc45)CC3)csc2C1. The Morgan fingerprint density at radius 3 is 3.15 bits per heavy atom. The van der Waals surface area contributed by atoms with Crippen molar-refractivity contribution in [1.82, 2.24) is 14.9 Å². The van der Waals surface area contributed by atoms with E-state index in [1.165, 1.54) is 28.0 Å². The van der Waals surface area contributed by atoms with Gasteiger partial charge in [-0.25, -0.2) is 4.98 Å². The van der Waals surface area contributed by atoms with Crippen molar-refractivity contribution in [2.24, 2.45) is 5.92 Å². The van der Waals surface area contributed by atoms with Crippen LogP contribution in [0.15, 0.2) is 36.0 Å². The summed E-state index contributed by atoms with van der Waals surface area (Å²) in [6, 6.07) is 4.07. The van der Waals surface area contributed by atoms with Gasteiger partial charge in [-0.1, -0.05) is 13.0 Å². The van der Waals surface area contributed by atoms with Crippen LogP contribution in [0.5, 0.6) is 0 Å². The maximum Gasteiger partial charge on any atom is 0.255 e. The first kappa shape index (κ1) is 16.8. The van der Waals surface area contributed by atoms with Crippen molar-refractivity contribution >= 4 is 33.9 Å². The van der Waals surface area contributed by atoms with Crippen molar-refractivity contribution in [3.8, 4) is 0 Å².